The van der Waals surface area contributed by atoms with Crippen molar-refractivity contribution in [2.75, 3.05) is 19.7 Å². The molecule has 1 amide bonds. The van der Waals surface area contributed by atoms with E-state index in [0.29, 0.717) is 6.61 Å². The molecular weight excluding hydrogens is 156 g/mol. The highest BCUT2D eigenvalue weighted by atomic mass is 35.5. The van der Waals surface area contributed by atoms with Crippen molar-refractivity contribution in [1.82, 2.24) is 10.6 Å². The number of alkyl carbamates (subject to hydrolysis) is 1. The molecule has 4 nitrogen and oxygen atoms in total. The summed E-state index contributed by atoms with van der Waals surface area (Å²) in [6, 6.07) is 0. The Hall–Kier alpha value is -0.480. The number of hydrogen-bond acceptors (Lipinski definition) is 3. The summed E-state index contributed by atoms with van der Waals surface area (Å²) in [4.78, 5) is 10.5. The Balaban J connectivity index is 0.000000500. The Labute approximate surface area is 64.7 Å². The lowest BCUT2D eigenvalue weighted by Crippen LogP contribution is -2.67. The molecule has 10 heavy (non-hydrogen) atoms. The molecule has 2 aliphatic heterocycles. The topological polar surface area (TPSA) is 50.4 Å². The van der Waals surface area contributed by atoms with Crippen LogP contribution in [0.5, 0.6) is 0 Å². The van der Waals surface area contributed by atoms with Gasteiger partial charge in [0, 0.05) is 13.1 Å². The Kier molecular flexibility index (Phi) is 1.74. The molecule has 0 radical (unpaired) electrons. The molecule has 0 aromatic heterocycles. The molecule has 2 saturated heterocycles. The molecule has 2 aliphatic rings. The van der Waals surface area contributed by atoms with Crippen LogP contribution in [-0.2, 0) is 4.74 Å². The van der Waals surface area contributed by atoms with Crippen molar-refractivity contribution < 1.29 is 9.53 Å². The van der Waals surface area contributed by atoms with Crippen molar-refractivity contribution >= 4 is 18.5 Å². The van der Waals surface area contributed by atoms with E-state index in [0.717, 1.165) is 13.1 Å². The van der Waals surface area contributed by atoms with Crippen molar-refractivity contribution in [2.24, 2.45) is 0 Å². The van der Waals surface area contributed by atoms with E-state index in [-0.39, 0.29) is 24.0 Å². The summed E-state index contributed by atoms with van der Waals surface area (Å²) in [5, 5.41) is 5.81. The summed E-state index contributed by atoms with van der Waals surface area (Å²) in [5.74, 6) is 0. The van der Waals surface area contributed by atoms with E-state index < -0.39 is 0 Å². The molecule has 2 rings (SSSR count). The number of halogens is 1. The second-order valence-electron chi connectivity index (χ2n) is 2.59. The number of nitrogens with one attached hydrogen (secondary N) is 2. The van der Waals surface area contributed by atoms with Crippen LogP contribution < -0.4 is 10.6 Å². The summed E-state index contributed by atoms with van der Waals surface area (Å²) < 4.78 is 4.72. The average molecular weight is 165 g/mol. The molecule has 58 valence electrons. The molecular formula is C5H9ClN2O2. The van der Waals surface area contributed by atoms with Gasteiger partial charge in [-0.05, 0) is 0 Å². The molecule has 0 bridgehead atoms. The number of cyclic esters (lactones) is 1. The highest BCUT2D eigenvalue weighted by molar-refractivity contribution is 5.85. The third-order valence-corrected chi connectivity index (χ3v) is 1.77. The summed E-state index contributed by atoms with van der Waals surface area (Å²) in [5.41, 5.74) is -0.0446. The predicted octanol–water partition coefficient (Wildman–Crippen LogP) is -0.510. The van der Waals surface area contributed by atoms with E-state index in [1.165, 1.54) is 0 Å². The van der Waals surface area contributed by atoms with E-state index in [9.17, 15) is 4.79 Å². The zero-order chi connectivity index (χ0) is 6.32. The van der Waals surface area contributed by atoms with Gasteiger partial charge in [0.05, 0.1) is 0 Å². The van der Waals surface area contributed by atoms with Gasteiger partial charge in [0.15, 0.2) is 0 Å². The van der Waals surface area contributed by atoms with Gasteiger partial charge in [0.1, 0.15) is 12.1 Å². The van der Waals surface area contributed by atoms with Crippen molar-refractivity contribution in [2.45, 2.75) is 5.54 Å². The van der Waals surface area contributed by atoms with Gasteiger partial charge < -0.3 is 15.4 Å². The first-order valence-corrected chi connectivity index (χ1v) is 2.96. The van der Waals surface area contributed by atoms with Crippen LogP contribution in [-0.4, -0.2) is 31.3 Å². The largest absolute Gasteiger partial charge is 0.447 e. The summed E-state index contributed by atoms with van der Waals surface area (Å²) in [7, 11) is 0. The second-order valence-corrected chi connectivity index (χ2v) is 2.59. The number of ether oxygens (including phenoxy) is 1. The second kappa shape index (κ2) is 2.29. The van der Waals surface area contributed by atoms with Crippen LogP contribution in [0.25, 0.3) is 0 Å². The lowest BCUT2D eigenvalue weighted by Gasteiger charge is -2.36. The summed E-state index contributed by atoms with van der Waals surface area (Å²) in [6.45, 7) is 2.22. The summed E-state index contributed by atoms with van der Waals surface area (Å²) >= 11 is 0. The van der Waals surface area contributed by atoms with Crippen LogP contribution in [0.3, 0.4) is 0 Å². The minimum atomic E-state index is -0.281. The van der Waals surface area contributed by atoms with Crippen LogP contribution in [0.4, 0.5) is 4.79 Å². The van der Waals surface area contributed by atoms with E-state index in [1.54, 1.807) is 0 Å². The highest BCUT2D eigenvalue weighted by Gasteiger charge is 2.44. The molecule has 0 atom stereocenters. The first kappa shape index (κ1) is 7.63. The van der Waals surface area contributed by atoms with Crippen LogP contribution in [0.2, 0.25) is 0 Å². The standard InChI is InChI=1S/C5H8N2O2.ClH/c8-4-7-5(3-9-4)1-6-2-5;/h6H,1-3H2,(H,7,8);1H. The fraction of sp³-hybridized carbons (Fsp3) is 0.800. The predicted molar refractivity (Wildman–Crippen MR) is 37.3 cm³/mol. The van der Waals surface area contributed by atoms with Crippen molar-refractivity contribution in [3.63, 3.8) is 0 Å². The smallest absolute Gasteiger partial charge is 0.407 e. The molecule has 2 N–H and O–H groups in total. The first-order valence-electron chi connectivity index (χ1n) is 2.96. The number of amides is 1. The van der Waals surface area contributed by atoms with Crippen LogP contribution >= 0.6 is 12.4 Å². The Morgan fingerprint density at radius 2 is 2.20 bits per heavy atom. The molecule has 0 saturated carbocycles. The van der Waals surface area contributed by atoms with Crippen molar-refractivity contribution in [3.05, 3.63) is 0 Å². The van der Waals surface area contributed by atoms with Gasteiger partial charge in [-0.2, -0.15) is 0 Å². The molecule has 5 heteroatoms. The van der Waals surface area contributed by atoms with Crippen molar-refractivity contribution in [3.8, 4) is 0 Å². The molecule has 0 aromatic rings. The van der Waals surface area contributed by atoms with Gasteiger partial charge >= 0.3 is 6.09 Å². The maximum absolute atomic E-state index is 10.5. The molecule has 2 heterocycles. The van der Waals surface area contributed by atoms with E-state index in [4.69, 9.17) is 4.74 Å². The minimum Gasteiger partial charge on any atom is -0.447 e. The normalized spacial score (nSPS) is 26.2. The van der Waals surface area contributed by atoms with Gasteiger partial charge in [-0.15, -0.1) is 12.4 Å². The molecule has 1 spiro atoms. The quantitative estimate of drug-likeness (QED) is 0.507. The van der Waals surface area contributed by atoms with Gasteiger partial charge in [0.25, 0.3) is 0 Å². The zero-order valence-corrected chi connectivity index (χ0v) is 6.16. The van der Waals surface area contributed by atoms with Crippen LogP contribution in [0.15, 0.2) is 0 Å². The number of carbonyl (C=O) groups is 1. The SMILES string of the molecule is Cl.O=C1NC2(CNC2)CO1. The number of carbonyl (C=O) groups excluding carboxylic acids is 1. The third-order valence-electron chi connectivity index (χ3n) is 1.77. The van der Waals surface area contributed by atoms with Gasteiger partial charge in [0.2, 0.25) is 0 Å². The Bertz CT molecular complexity index is 158. The average Bonchev–Trinajstić information content (AvgIpc) is 2.09. The van der Waals surface area contributed by atoms with E-state index in [2.05, 4.69) is 10.6 Å². The minimum absolute atomic E-state index is 0. The zero-order valence-electron chi connectivity index (χ0n) is 5.35. The van der Waals surface area contributed by atoms with E-state index >= 15 is 0 Å². The van der Waals surface area contributed by atoms with Crippen LogP contribution in [0.1, 0.15) is 0 Å². The lowest BCUT2D eigenvalue weighted by molar-refractivity contribution is 0.162. The van der Waals surface area contributed by atoms with Gasteiger partial charge in [-0.3, -0.25) is 0 Å². The fourth-order valence-corrected chi connectivity index (χ4v) is 1.11. The van der Waals surface area contributed by atoms with Gasteiger partial charge in [-0.1, -0.05) is 0 Å². The molecule has 0 aliphatic carbocycles. The Morgan fingerprint density at radius 3 is 2.40 bits per heavy atom. The maximum Gasteiger partial charge on any atom is 0.407 e. The fourth-order valence-electron chi connectivity index (χ4n) is 1.11. The van der Waals surface area contributed by atoms with E-state index in [1.807, 2.05) is 0 Å². The number of hydrogen-bond donors (Lipinski definition) is 2. The lowest BCUT2D eigenvalue weighted by atomic mass is 9.95. The number of rotatable bonds is 0. The molecule has 2 fully saturated rings. The highest BCUT2D eigenvalue weighted by Crippen LogP contribution is 2.16. The van der Waals surface area contributed by atoms with Crippen LogP contribution in [0, 0.1) is 0 Å². The Morgan fingerprint density at radius 1 is 1.50 bits per heavy atom. The maximum atomic E-state index is 10.5. The molecule has 0 unspecified atom stereocenters. The third kappa shape index (κ3) is 0.932. The monoisotopic (exact) mass is 164 g/mol. The summed E-state index contributed by atoms with van der Waals surface area (Å²) in [6.07, 6.45) is -0.281. The van der Waals surface area contributed by atoms with Crippen molar-refractivity contribution in [1.29, 1.82) is 0 Å². The first-order chi connectivity index (χ1) is 4.31. The molecule has 0 aromatic carbocycles. The van der Waals surface area contributed by atoms with Gasteiger partial charge in [-0.25, -0.2) is 4.79 Å².